The van der Waals surface area contributed by atoms with Crippen molar-refractivity contribution in [3.8, 4) is 5.75 Å². The van der Waals surface area contributed by atoms with Crippen LogP contribution in [0.1, 0.15) is 50.5 Å². The van der Waals surface area contributed by atoms with Gasteiger partial charge < -0.3 is 20.3 Å². The van der Waals surface area contributed by atoms with E-state index in [2.05, 4.69) is 20.5 Å². The van der Waals surface area contributed by atoms with Gasteiger partial charge in [0.05, 0.1) is 7.11 Å². The molecule has 0 bridgehead atoms. The summed E-state index contributed by atoms with van der Waals surface area (Å²) in [6, 6.07) is 7.04. The number of ether oxygens (including phenoxy) is 1. The number of halogens is 2. The second-order valence-electron chi connectivity index (χ2n) is 7.63. The zero-order chi connectivity index (χ0) is 19.1. The smallest absolute Gasteiger partial charge is 0.191 e. The molecule has 1 aliphatic heterocycles. The Labute approximate surface area is 191 Å². The van der Waals surface area contributed by atoms with Gasteiger partial charge in [0, 0.05) is 49.4 Å². The average molecular weight is 521 g/mol. The Hall–Kier alpha value is -0.730. The second kappa shape index (κ2) is 12.1. The first kappa shape index (κ1) is 23.5. The van der Waals surface area contributed by atoms with Crippen molar-refractivity contribution < 1.29 is 4.74 Å². The lowest BCUT2D eigenvalue weighted by Gasteiger charge is -2.39. The highest BCUT2D eigenvalue weighted by Gasteiger charge is 2.26. The lowest BCUT2D eigenvalue weighted by atomic mass is 9.92. The Morgan fingerprint density at radius 3 is 2.54 bits per heavy atom. The van der Waals surface area contributed by atoms with Crippen molar-refractivity contribution in [2.24, 2.45) is 4.99 Å². The average Bonchev–Trinajstić information content (AvgIpc) is 2.72. The van der Waals surface area contributed by atoms with Gasteiger partial charge in [-0.25, -0.2) is 0 Å². The number of benzene rings is 1. The number of nitrogens with one attached hydrogen (secondary N) is 2. The van der Waals surface area contributed by atoms with E-state index in [1.165, 1.54) is 58.0 Å². The van der Waals surface area contributed by atoms with Crippen LogP contribution in [0.4, 0.5) is 0 Å². The molecule has 28 heavy (non-hydrogen) atoms. The number of aliphatic imine (C=N–C) groups is 1. The van der Waals surface area contributed by atoms with E-state index in [0.717, 1.165) is 23.3 Å². The number of hydrogen-bond donors (Lipinski definition) is 2. The molecular weight excluding hydrogens is 487 g/mol. The molecule has 0 unspecified atom stereocenters. The summed E-state index contributed by atoms with van der Waals surface area (Å²) in [6.07, 6.45) is 9.40. The molecule has 0 atom stereocenters. The van der Waals surface area contributed by atoms with E-state index in [9.17, 15) is 0 Å². The first-order valence-electron chi connectivity index (χ1n) is 10.2. The third-order valence-electron chi connectivity index (χ3n) is 5.88. The number of hydrogen-bond acceptors (Lipinski definition) is 3. The van der Waals surface area contributed by atoms with Crippen molar-refractivity contribution in [1.29, 1.82) is 0 Å². The Kier molecular flexibility index (Phi) is 10.2. The van der Waals surface area contributed by atoms with Crippen molar-refractivity contribution in [2.45, 2.75) is 63.6 Å². The molecule has 1 saturated carbocycles. The molecule has 0 spiro atoms. The standard InChI is InChI=1S/C21H33ClN4O.HI/c1-23-21(24-15-16-8-9-17(22)14-20(16)27-2)25-18-10-12-26(13-11-18)19-6-4-3-5-7-19;/h8-9,14,18-19H,3-7,10-13,15H2,1-2H3,(H2,23,24,25);1H. The minimum atomic E-state index is 0. The number of likely N-dealkylation sites (tertiary alicyclic amines) is 1. The fourth-order valence-electron chi connectivity index (χ4n) is 4.29. The Balaban J connectivity index is 0.00000280. The van der Waals surface area contributed by atoms with Gasteiger partial charge in [-0.3, -0.25) is 4.99 Å². The predicted molar refractivity (Wildman–Crippen MR) is 128 cm³/mol. The quantitative estimate of drug-likeness (QED) is 0.343. The molecule has 2 N–H and O–H groups in total. The highest BCUT2D eigenvalue weighted by Crippen LogP contribution is 2.25. The molecule has 0 amide bonds. The molecule has 2 aliphatic rings. The predicted octanol–water partition coefficient (Wildman–Crippen LogP) is 4.43. The van der Waals surface area contributed by atoms with Crippen molar-refractivity contribution >= 4 is 41.5 Å². The molecule has 5 nitrogen and oxygen atoms in total. The van der Waals surface area contributed by atoms with E-state index in [0.29, 0.717) is 17.6 Å². The van der Waals surface area contributed by atoms with Crippen LogP contribution in [-0.4, -0.2) is 50.2 Å². The summed E-state index contributed by atoms with van der Waals surface area (Å²) < 4.78 is 5.42. The molecule has 0 radical (unpaired) electrons. The van der Waals surface area contributed by atoms with Crippen LogP contribution in [0.15, 0.2) is 23.2 Å². The van der Waals surface area contributed by atoms with E-state index in [-0.39, 0.29) is 24.0 Å². The number of rotatable bonds is 5. The zero-order valence-corrected chi connectivity index (χ0v) is 20.1. The van der Waals surface area contributed by atoms with Crippen molar-refractivity contribution in [3.63, 3.8) is 0 Å². The SMILES string of the molecule is CN=C(NCc1ccc(Cl)cc1OC)NC1CCN(C2CCCCC2)CC1.I. The molecule has 158 valence electrons. The molecule has 3 rings (SSSR count). The van der Waals surface area contributed by atoms with Crippen LogP contribution in [0.2, 0.25) is 5.02 Å². The summed E-state index contributed by atoms with van der Waals surface area (Å²) in [4.78, 5) is 7.11. The number of guanidine groups is 1. The lowest BCUT2D eigenvalue weighted by molar-refractivity contribution is 0.119. The van der Waals surface area contributed by atoms with Crippen LogP contribution < -0.4 is 15.4 Å². The molecule has 2 fully saturated rings. The Morgan fingerprint density at radius 2 is 1.89 bits per heavy atom. The van der Waals surface area contributed by atoms with Gasteiger partial charge in [-0.2, -0.15) is 0 Å². The maximum Gasteiger partial charge on any atom is 0.191 e. The normalized spacial score (nSPS) is 19.8. The van der Waals surface area contributed by atoms with E-state index < -0.39 is 0 Å². The minimum absolute atomic E-state index is 0. The molecule has 1 saturated heterocycles. The van der Waals surface area contributed by atoms with E-state index in [1.807, 2.05) is 25.2 Å². The maximum absolute atomic E-state index is 6.04. The summed E-state index contributed by atoms with van der Waals surface area (Å²) in [7, 11) is 3.49. The van der Waals surface area contributed by atoms with Crippen LogP contribution in [-0.2, 0) is 6.54 Å². The second-order valence-corrected chi connectivity index (χ2v) is 8.06. The molecule has 7 heteroatoms. The third kappa shape index (κ3) is 6.66. The summed E-state index contributed by atoms with van der Waals surface area (Å²) in [5.41, 5.74) is 1.07. The fraction of sp³-hybridized carbons (Fsp3) is 0.667. The van der Waals surface area contributed by atoms with E-state index in [1.54, 1.807) is 7.11 Å². The number of nitrogens with zero attached hydrogens (tertiary/aromatic N) is 2. The first-order chi connectivity index (χ1) is 13.2. The van der Waals surface area contributed by atoms with E-state index >= 15 is 0 Å². The van der Waals surface area contributed by atoms with Gasteiger partial charge in [-0.15, -0.1) is 24.0 Å². The zero-order valence-electron chi connectivity index (χ0n) is 17.0. The minimum Gasteiger partial charge on any atom is -0.496 e. The van der Waals surface area contributed by atoms with Gasteiger partial charge in [0.1, 0.15) is 5.75 Å². The Bertz CT molecular complexity index is 629. The van der Waals surface area contributed by atoms with Gasteiger partial charge >= 0.3 is 0 Å². The fourth-order valence-corrected chi connectivity index (χ4v) is 4.45. The first-order valence-corrected chi connectivity index (χ1v) is 10.6. The molecule has 1 aliphatic carbocycles. The highest BCUT2D eigenvalue weighted by atomic mass is 127. The van der Waals surface area contributed by atoms with Crippen LogP contribution in [0.25, 0.3) is 0 Å². The van der Waals surface area contributed by atoms with Crippen LogP contribution in [0.5, 0.6) is 5.75 Å². The molecule has 1 heterocycles. The lowest BCUT2D eigenvalue weighted by Crippen LogP contribution is -2.50. The van der Waals surface area contributed by atoms with E-state index in [4.69, 9.17) is 16.3 Å². The van der Waals surface area contributed by atoms with Gasteiger partial charge in [0.15, 0.2) is 5.96 Å². The van der Waals surface area contributed by atoms with Crippen LogP contribution in [0.3, 0.4) is 0 Å². The van der Waals surface area contributed by atoms with Gasteiger partial charge in [0.2, 0.25) is 0 Å². The van der Waals surface area contributed by atoms with Crippen LogP contribution >= 0.6 is 35.6 Å². The summed E-state index contributed by atoms with van der Waals surface area (Å²) >= 11 is 6.04. The van der Waals surface area contributed by atoms with Crippen molar-refractivity contribution in [2.75, 3.05) is 27.2 Å². The maximum atomic E-state index is 6.04. The van der Waals surface area contributed by atoms with Crippen molar-refractivity contribution in [1.82, 2.24) is 15.5 Å². The van der Waals surface area contributed by atoms with Gasteiger partial charge in [0.25, 0.3) is 0 Å². The summed E-state index contributed by atoms with van der Waals surface area (Å²) in [6.45, 7) is 3.05. The highest BCUT2D eigenvalue weighted by molar-refractivity contribution is 14.0. The molecular formula is C21H34ClIN4O. The monoisotopic (exact) mass is 520 g/mol. The van der Waals surface area contributed by atoms with Gasteiger partial charge in [-0.1, -0.05) is 36.9 Å². The molecule has 0 aromatic heterocycles. The Morgan fingerprint density at radius 1 is 1.18 bits per heavy atom. The molecule has 1 aromatic carbocycles. The number of piperidine rings is 1. The topological polar surface area (TPSA) is 48.9 Å². The summed E-state index contributed by atoms with van der Waals surface area (Å²) in [5.74, 6) is 1.65. The van der Waals surface area contributed by atoms with Crippen LogP contribution in [0, 0.1) is 0 Å². The summed E-state index contributed by atoms with van der Waals surface area (Å²) in [5, 5.41) is 7.68. The van der Waals surface area contributed by atoms with Crippen molar-refractivity contribution in [3.05, 3.63) is 28.8 Å². The van der Waals surface area contributed by atoms with Gasteiger partial charge in [-0.05, 0) is 37.8 Å². The third-order valence-corrected chi connectivity index (χ3v) is 6.12. The largest absolute Gasteiger partial charge is 0.496 e. The molecule has 1 aromatic rings. The number of methoxy groups -OCH3 is 1.